The molecule has 4 heterocycles. The van der Waals surface area contributed by atoms with Gasteiger partial charge in [-0.05, 0) is 54.7 Å². The second-order valence-corrected chi connectivity index (χ2v) is 9.82. The summed E-state index contributed by atoms with van der Waals surface area (Å²) in [5.41, 5.74) is 0.768. The zero-order valence-electron chi connectivity index (χ0n) is 16.9. The van der Waals surface area contributed by atoms with Crippen molar-refractivity contribution in [1.82, 2.24) is 23.9 Å². The normalized spacial score (nSPS) is 17.4. The van der Waals surface area contributed by atoms with Crippen molar-refractivity contribution in [2.75, 3.05) is 19.7 Å². The summed E-state index contributed by atoms with van der Waals surface area (Å²) in [5, 5.41) is 8.57. The predicted octanol–water partition coefficient (Wildman–Crippen LogP) is 1.46. The molecule has 0 unspecified atom stereocenters. The van der Waals surface area contributed by atoms with Crippen molar-refractivity contribution in [3.05, 3.63) is 64.7 Å². The predicted molar refractivity (Wildman–Crippen MR) is 113 cm³/mol. The first-order valence-electron chi connectivity index (χ1n) is 10.3. The van der Waals surface area contributed by atoms with Crippen LogP contribution in [0.5, 0.6) is 5.75 Å². The summed E-state index contributed by atoms with van der Waals surface area (Å²) in [7, 11) is -3.54. The number of fused-ring (bicyclic) bond motifs is 1. The molecule has 0 radical (unpaired) electrons. The topological polar surface area (TPSA) is 99.3 Å². The number of aromatic nitrogens is 4. The minimum Gasteiger partial charge on any atom is -0.493 e. The van der Waals surface area contributed by atoms with Crippen LogP contribution in [0.15, 0.2) is 58.5 Å². The van der Waals surface area contributed by atoms with Crippen LogP contribution in [0.3, 0.4) is 0 Å². The van der Waals surface area contributed by atoms with Crippen LogP contribution in [0.4, 0.5) is 0 Å². The van der Waals surface area contributed by atoms with Gasteiger partial charge in [0.1, 0.15) is 5.75 Å². The van der Waals surface area contributed by atoms with Gasteiger partial charge in [-0.2, -0.15) is 9.40 Å². The van der Waals surface area contributed by atoms with Crippen molar-refractivity contribution in [3.8, 4) is 11.6 Å². The summed E-state index contributed by atoms with van der Waals surface area (Å²) >= 11 is 0. The Kier molecular flexibility index (Phi) is 5.11. The van der Waals surface area contributed by atoms with Crippen molar-refractivity contribution in [1.29, 1.82) is 0 Å². The second-order valence-electron chi connectivity index (χ2n) is 7.88. The highest BCUT2D eigenvalue weighted by Gasteiger charge is 2.30. The van der Waals surface area contributed by atoms with Crippen molar-refractivity contribution >= 4 is 10.0 Å². The van der Waals surface area contributed by atoms with E-state index in [1.165, 1.54) is 15.1 Å². The molecule has 0 atom stereocenters. The first-order valence-corrected chi connectivity index (χ1v) is 11.8. The van der Waals surface area contributed by atoms with E-state index in [1.807, 2.05) is 0 Å². The fourth-order valence-corrected chi connectivity index (χ4v) is 5.67. The Hall–Kier alpha value is -2.98. The number of hydrogen-bond donors (Lipinski definition) is 0. The fraction of sp³-hybridized carbons (Fsp3) is 0.381. The van der Waals surface area contributed by atoms with Crippen molar-refractivity contribution < 1.29 is 13.2 Å². The molecule has 2 aliphatic heterocycles. The molecule has 1 fully saturated rings. The summed E-state index contributed by atoms with van der Waals surface area (Å²) in [6.07, 6.45) is 5.51. The van der Waals surface area contributed by atoms with E-state index in [4.69, 9.17) is 4.74 Å². The van der Waals surface area contributed by atoms with Gasteiger partial charge in [-0.25, -0.2) is 17.8 Å². The number of nitrogens with zero attached hydrogens (tertiary/aromatic N) is 5. The number of rotatable bonds is 5. The zero-order valence-corrected chi connectivity index (χ0v) is 17.7. The molecule has 0 amide bonds. The van der Waals surface area contributed by atoms with Gasteiger partial charge < -0.3 is 4.74 Å². The number of piperidine rings is 1. The van der Waals surface area contributed by atoms with Crippen LogP contribution in [0.25, 0.3) is 5.82 Å². The minimum atomic E-state index is -3.54. The van der Waals surface area contributed by atoms with E-state index in [1.54, 1.807) is 47.4 Å². The molecule has 31 heavy (non-hydrogen) atoms. The third kappa shape index (κ3) is 3.88. The van der Waals surface area contributed by atoms with E-state index in [0.29, 0.717) is 49.8 Å². The highest BCUT2D eigenvalue weighted by Crippen LogP contribution is 2.30. The molecule has 5 rings (SSSR count). The maximum Gasteiger partial charge on any atom is 0.266 e. The number of sulfonamides is 1. The molecule has 3 aromatic rings. The van der Waals surface area contributed by atoms with Crippen LogP contribution >= 0.6 is 0 Å². The molecule has 0 N–H and O–H groups in total. The molecule has 0 bridgehead atoms. The minimum absolute atomic E-state index is 0.175. The molecular weight excluding hydrogens is 418 g/mol. The van der Waals surface area contributed by atoms with E-state index < -0.39 is 10.0 Å². The Morgan fingerprint density at radius 3 is 2.74 bits per heavy atom. The largest absolute Gasteiger partial charge is 0.493 e. The average molecular weight is 442 g/mol. The molecule has 1 saturated heterocycles. The Morgan fingerprint density at radius 1 is 1.13 bits per heavy atom. The van der Waals surface area contributed by atoms with Gasteiger partial charge in [0, 0.05) is 44.5 Å². The van der Waals surface area contributed by atoms with Crippen LogP contribution in [-0.4, -0.2) is 52.0 Å². The standard InChI is InChI=1S/C21H23N5O4S/c27-21-5-4-20(25-10-1-9-22-25)23-26(21)15-16-6-11-24(12-7-16)31(28,29)18-2-3-19-17(14-18)8-13-30-19/h1-5,9-10,14,16H,6-8,11-13,15H2. The van der Waals surface area contributed by atoms with Crippen LogP contribution in [0.1, 0.15) is 18.4 Å². The second kappa shape index (κ2) is 7.93. The summed E-state index contributed by atoms with van der Waals surface area (Å²) in [6.45, 7) is 1.90. The summed E-state index contributed by atoms with van der Waals surface area (Å²) in [6, 6.07) is 10.0. The Morgan fingerprint density at radius 2 is 1.97 bits per heavy atom. The SMILES string of the molecule is O=c1ccc(-n2cccn2)nn1CC1CCN(S(=O)(=O)c2ccc3c(c2)CCO3)CC1. The molecular formula is C21H23N5O4S. The van der Waals surface area contributed by atoms with E-state index in [2.05, 4.69) is 10.2 Å². The quantitative estimate of drug-likeness (QED) is 0.595. The average Bonchev–Trinajstić information content (AvgIpc) is 3.47. The molecule has 0 saturated carbocycles. The molecule has 162 valence electrons. The Balaban J connectivity index is 1.27. The highest BCUT2D eigenvalue weighted by atomic mass is 32.2. The van der Waals surface area contributed by atoms with Gasteiger partial charge in [-0.3, -0.25) is 4.79 Å². The lowest BCUT2D eigenvalue weighted by molar-refractivity contribution is 0.244. The first-order chi connectivity index (χ1) is 15.0. The smallest absolute Gasteiger partial charge is 0.266 e. The molecule has 2 aromatic heterocycles. The number of ether oxygens (including phenoxy) is 1. The van der Waals surface area contributed by atoms with Crippen molar-refractivity contribution in [2.45, 2.75) is 30.7 Å². The van der Waals surface area contributed by atoms with E-state index in [0.717, 1.165) is 17.7 Å². The van der Waals surface area contributed by atoms with E-state index in [9.17, 15) is 13.2 Å². The highest BCUT2D eigenvalue weighted by molar-refractivity contribution is 7.89. The lowest BCUT2D eigenvalue weighted by atomic mass is 9.98. The van der Waals surface area contributed by atoms with Crippen LogP contribution < -0.4 is 10.3 Å². The molecule has 0 spiro atoms. The van der Waals surface area contributed by atoms with Gasteiger partial charge in [0.25, 0.3) is 5.56 Å². The molecule has 1 aromatic carbocycles. The summed E-state index contributed by atoms with van der Waals surface area (Å²) in [5.74, 6) is 1.52. The monoisotopic (exact) mass is 441 g/mol. The lowest BCUT2D eigenvalue weighted by Gasteiger charge is -2.31. The molecule has 9 nitrogen and oxygen atoms in total. The third-order valence-electron chi connectivity index (χ3n) is 5.90. The zero-order chi connectivity index (χ0) is 21.4. The van der Waals surface area contributed by atoms with Gasteiger partial charge >= 0.3 is 0 Å². The Labute approximate surface area is 179 Å². The maximum absolute atomic E-state index is 13.1. The van der Waals surface area contributed by atoms with Crippen LogP contribution in [0, 0.1) is 5.92 Å². The Bertz CT molecular complexity index is 1250. The lowest BCUT2D eigenvalue weighted by Crippen LogP contribution is -2.40. The van der Waals surface area contributed by atoms with Crippen molar-refractivity contribution in [3.63, 3.8) is 0 Å². The number of hydrogen-bond acceptors (Lipinski definition) is 6. The maximum atomic E-state index is 13.1. The summed E-state index contributed by atoms with van der Waals surface area (Å²) in [4.78, 5) is 12.6. The van der Waals surface area contributed by atoms with Crippen LogP contribution in [0.2, 0.25) is 0 Å². The van der Waals surface area contributed by atoms with Gasteiger partial charge in [-0.15, -0.1) is 5.10 Å². The van der Waals surface area contributed by atoms with Gasteiger partial charge in [0.15, 0.2) is 5.82 Å². The van der Waals surface area contributed by atoms with E-state index >= 15 is 0 Å². The molecule has 10 heteroatoms. The number of benzene rings is 1. The van der Waals surface area contributed by atoms with Gasteiger partial charge in [-0.1, -0.05) is 0 Å². The van der Waals surface area contributed by atoms with Crippen LogP contribution in [-0.2, 0) is 23.0 Å². The first kappa shape index (κ1) is 20.0. The van der Waals surface area contributed by atoms with Crippen molar-refractivity contribution in [2.24, 2.45) is 5.92 Å². The third-order valence-corrected chi connectivity index (χ3v) is 7.79. The fourth-order valence-electron chi connectivity index (χ4n) is 4.14. The van der Waals surface area contributed by atoms with Gasteiger partial charge in [0.2, 0.25) is 10.0 Å². The molecule has 0 aliphatic carbocycles. The van der Waals surface area contributed by atoms with Gasteiger partial charge in [0.05, 0.1) is 11.5 Å². The summed E-state index contributed by atoms with van der Waals surface area (Å²) < 4.78 is 36.3. The molecule has 2 aliphatic rings. The van der Waals surface area contributed by atoms with E-state index in [-0.39, 0.29) is 11.5 Å².